The molecule has 19 heavy (non-hydrogen) atoms. The lowest BCUT2D eigenvalue weighted by Crippen LogP contribution is -2.05. The van der Waals surface area contributed by atoms with E-state index in [-0.39, 0.29) is 17.9 Å². The van der Waals surface area contributed by atoms with Gasteiger partial charge in [0.1, 0.15) is 29.2 Å². The van der Waals surface area contributed by atoms with Crippen LogP contribution in [0.4, 0.5) is 4.39 Å². The SMILES string of the molecule is Cn1c(Cl)cnc1COc1cc(F)cc(C(=O)O)c1. The Morgan fingerprint density at radius 3 is 2.84 bits per heavy atom. The molecule has 5 nitrogen and oxygen atoms in total. The highest BCUT2D eigenvalue weighted by Crippen LogP contribution is 2.18. The molecule has 1 aromatic carbocycles. The number of carboxylic acid groups (broad SMARTS) is 1. The highest BCUT2D eigenvalue weighted by molar-refractivity contribution is 6.29. The van der Waals surface area contributed by atoms with Gasteiger partial charge in [-0.1, -0.05) is 11.6 Å². The standard InChI is InChI=1S/C12H10ClFN2O3/c1-16-10(13)5-15-11(16)6-19-9-3-7(12(17)18)2-8(14)4-9/h2-5H,6H2,1H3,(H,17,18). The van der Waals surface area contributed by atoms with Crippen LogP contribution in [0.2, 0.25) is 5.15 Å². The van der Waals surface area contributed by atoms with E-state index in [0.717, 1.165) is 12.1 Å². The number of carboxylic acids is 1. The third-order valence-electron chi connectivity index (χ3n) is 2.51. The largest absolute Gasteiger partial charge is 0.486 e. The zero-order valence-corrected chi connectivity index (χ0v) is 10.7. The van der Waals surface area contributed by atoms with Crippen molar-refractivity contribution in [2.45, 2.75) is 6.61 Å². The molecule has 0 aliphatic carbocycles. The van der Waals surface area contributed by atoms with Crippen molar-refractivity contribution in [1.29, 1.82) is 0 Å². The van der Waals surface area contributed by atoms with E-state index in [4.69, 9.17) is 21.4 Å². The molecule has 1 N–H and O–H groups in total. The Morgan fingerprint density at radius 1 is 1.53 bits per heavy atom. The topological polar surface area (TPSA) is 64.4 Å². The lowest BCUT2D eigenvalue weighted by Gasteiger charge is -2.07. The third kappa shape index (κ3) is 3.03. The van der Waals surface area contributed by atoms with E-state index >= 15 is 0 Å². The first-order valence-corrected chi connectivity index (χ1v) is 5.68. The maximum atomic E-state index is 13.2. The molecule has 0 radical (unpaired) electrons. The van der Waals surface area contributed by atoms with E-state index < -0.39 is 11.8 Å². The molecule has 0 aliphatic rings. The number of rotatable bonds is 4. The fourth-order valence-electron chi connectivity index (χ4n) is 1.48. The molecular weight excluding hydrogens is 275 g/mol. The predicted octanol–water partition coefficient (Wildman–Crippen LogP) is 2.49. The van der Waals surface area contributed by atoms with Gasteiger partial charge in [0.2, 0.25) is 0 Å². The van der Waals surface area contributed by atoms with E-state index in [1.807, 2.05) is 0 Å². The summed E-state index contributed by atoms with van der Waals surface area (Å²) in [7, 11) is 1.71. The highest BCUT2D eigenvalue weighted by atomic mass is 35.5. The van der Waals surface area contributed by atoms with Crippen LogP contribution < -0.4 is 4.74 Å². The number of hydrogen-bond acceptors (Lipinski definition) is 3. The first-order chi connectivity index (χ1) is 8.97. The molecule has 7 heteroatoms. The van der Waals surface area contributed by atoms with Crippen LogP contribution in [0.3, 0.4) is 0 Å². The van der Waals surface area contributed by atoms with Crippen molar-refractivity contribution in [3.8, 4) is 5.75 Å². The maximum absolute atomic E-state index is 13.2. The molecule has 0 fully saturated rings. The normalized spacial score (nSPS) is 10.5. The van der Waals surface area contributed by atoms with E-state index in [1.165, 1.54) is 12.3 Å². The van der Waals surface area contributed by atoms with Crippen LogP contribution in [0.1, 0.15) is 16.2 Å². The summed E-state index contributed by atoms with van der Waals surface area (Å²) in [5, 5.41) is 9.26. The average molecular weight is 285 g/mol. The second-order valence-electron chi connectivity index (χ2n) is 3.83. The minimum Gasteiger partial charge on any atom is -0.486 e. The van der Waals surface area contributed by atoms with Crippen molar-refractivity contribution in [3.05, 3.63) is 46.8 Å². The molecule has 0 spiro atoms. The van der Waals surface area contributed by atoms with Gasteiger partial charge in [-0.05, 0) is 12.1 Å². The molecule has 0 aliphatic heterocycles. The van der Waals surface area contributed by atoms with Crippen LogP contribution in [-0.2, 0) is 13.7 Å². The number of aromatic carboxylic acids is 1. The molecule has 100 valence electrons. The Hall–Kier alpha value is -2.08. The quantitative estimate of drug-likeness (QED) is 0.937. The summed E-state index contributed by atoms with van der Waals surface area (Å²) in [5.41, 5.74) is -0.173. The van der Waals surface area contributed by atoms with E-state index in [2.05, 4.69) is 4.98 Å². The highest BCUT2D eigenvalue weighted by Gasteiger charge is 2.09. The summed E-state index contributed by atoms with van der Waals surface area (Å²) in [4.78, 5) is 14.8. The molecule has 0 saturated carbocycles. The molecule has 0 unspecified atom stereocenters. The van der Waals surface area contributed by atoms with Gasteiger partial charge in [-0.2, -0.15) is 0 Å². The van der Waals surface area contributed by atoms with Gasteiger partial charge >= 0.3 is 5.97 Å². The maximum Gasteiger partial charge on any atom is 0.335 e. The Bertz CT molecular complexity index is 627. The van der Waals surface area contributed by atoms with Gasteiger partial charge < -0.3 is 14.4 Å². The van der Waals surface area contributed by atoms with E-state index in [1.54, 1.807) is 11.6 Å². The first-order valence-electron chi connectivity index (χ1n) is 5.30. The summed E-state index contributed by atoms with van der Waals surface area (Å²) < 4.78 is 20.1. The second-order valence-corrected chi connectivity index (χ2v) is 4.21. The number of aromatic nitrogens is 2. The van der Waals surface area contributed by atoms with Crippen LogP contribution in [-0.4, -0.2) is 20.6 Å². The lowest BCUT2D eigenvalue weighted by atomic mass is 10.2. The average Bonchev–Trinajstić information content (AvgIpc) is 2.67. The van der Waals surface area contributed by atoms with Crippen molar-refractivity contribution in [1.82, 2.24) is 9.55 Å². The zero-order chi connectivity index (χ0) is 14.0. The van der Waals surface area contributed by atoms with Gasteiger partial charge in [0, 0.05) is 13.1 Å². The van der Waals surface area contributed by atoms with Crippen LogP contribution in [0, 0.1) is 5.82 Å². The Kier molecular flexibility index (Phi) is 3.71. The number of carbonyl (C=O) groups is 1. The van der Waals surface area contributed by atoms with Gasteiger partial charge in [-0.3, -0.25) is 0 Å². The molecule has 0 atom stereocenters. The number of imidazole rings is 1. The molecule has 1 heterocycles. The minimum atomic E-state index is -1.22. The van der Waals surface area contributed by atoms with Gasteiger partial charge in [-0.15, -0.1) is 0 Å². The van der Waals surface area contributed by atoms with Gasteiger partial charge in [-0.25, -0.2) is 14.2 Å². The van der Waals surface area contributed by atoms with Crippen LogP contribution in [0.15, 0.2) is 24.4 Å². The predicted molar refractivity (Wildman–Crippen MR) is 65.9 cm³/mol. The van der Waals surface area contributed by atoms with Crippen molar-refractivity contribution in [2.24, 2.45) is 7.05 Å². The summed E-state index contributed by atoms with van der Waals surface area (Å²) in [6, 6.07) is 3.28. The van der Waals surface area contributed by atoms with Crippen LogP contribution in [0.25, 0.3) is 0 Å². The molecule has 1 aromatic heterocycles. The molecular formula is C12H10ClFN2O3. The number of nitrogens with zero attached hydrogens (tertiary/aromatic N) is 2. The van der Waals surface area contributed by atoms with Crippen molar-refractivity contribution < 1.29 is 19.0 Å². The summed E-state index contributed by atoms with van der Waals surface area (Å²) >= 11 is 5.81. The fraction of sp³-hybridized carbons (Fsp3) is 0.167. The Morgan fingerprint density at radius 2 is 2.26 bits per heavy atom. The molecule has 0 bridgehead atoms. The van der Waals surface area contributed by atoms with Gasteiger partial charge in [0.05, 0.1) is 11.8 Å². The van der Waals surface area contributed by atoms with E-state index in [9.17, 15) is 9.18 Å². The van der Waals surface area contributed by atoms with Gasteiger partial charge in [0.15, 0.2) is 0 Å². The minimum absolute atomic E-state index is 0.0612. The molecule has 0 amide bonds. The van der Waals surface area contributed by atoms with Crippen molar-refractivity contribution >= 4 is 17.6 Å². The summed E-state index contributed by atoms with van der Waals surface area (Å²) in [6.07, 6.45) is 1.47. The Balaban J connectivity index is 2.15. The fourth-order valence-corrected chi connectivity index (χ4v) is 1.62. The number of hydrogen-bond donors (Lipinski definition) is 1. The van der Waals surface area contributed by atoms with Crippen molar-refractivity contribution in [2.75, 3.05) is 0 Å². The second kappa shape index (κ2) is 5.27. The lowest BCUT2D eigenvalue weighted by molar-refractivity contribution is 0.0695. The van der Waals surface area contributed by atoms with Crippen LogP contribution in [0.5, 0.6) is 5.75 Å². The van der Waals surface area contributed by atoms with Gasteiger partial charge in [0.25, 0.3) is 0 Å². The zero-order valence-electron chi connectivity index (χ0n) is 9.93. The van der Waals surface area contributed by atoms with E-state index in [0.29, 0.717) is 11.0 Å². The molecule has 0 saturated heterocycles. The summed E-state index contributed by atoms with van der Waals surface area (Å²) in [5.74, 6) is -1.22. The molecule has 2 rings (SSSR count). The first kappa shape index (κ1) is 13.4. The van der Waals surface area contributed by atoms with Crippen LogP contribution >= 0.6 is 11.6 Å². The third-order valence-corrected chi connectivity index (χ3v) is 2.87. The number of halogens is 2. The monoisotopic (exact) mass is 284 g/mol. The number of ether oxygens (including phenoxy) is 1. The van der Waals surface area contributed by atoms with Crippen molar-refractivity contribution in [3.63, 3.8) is 0 Å². The molecule has 2 aromatic rings. The smallest absolute Gasteiger partial charge is 0.335 e. The number of benzene rings is 1. The Labute approximate surface area is 113 Å². The summed E-state index contributed by atoms with van der Waals surface area (Å²) in [6.45, 7) is 0.0612.